The van der Waals surface area contributed by atoms with Crippen LogP contribution in [-0.2, 0) is 6.54 Å². The van der Waals surface area contributed by atoms with Gasteiger partial charge >= 0.3 is 0 Å². The summed E-state index contributed by atoms with van der Waals surface area (Å²) in [7, 11) is 1.77. The number of nitrogens with zero attached hydrogens (tertiary/aromatic N) is 2. The summed E-state index contributed by atoms with van der Waals surface area (Å²) in [6, 6.07) is 7.75. The van der Waals surface area contributed by atoms with Crippen molar-refractivity contribution in [3.05, 3.63) is 52.8 Å². The predicted molar refractivity (Wildman–Crippen MR) is 81.5 cm³/mol. The van der Waals surface area contributed by atoms with E-state index in [-0.39, 0.29) is 5.91 Å². The number of hydrogen-bond donors (Lipinski definition) is 2. The molecule has 0 unspecified atom stereocenters. The SMILES string of the molecule is Cc1[nH]ncc1C(=O)N(C)Cc1ccccc1C#CCN. The van der Waals surface area contributed by atoms with E-state index in [1.807, 2.05) is 31.2 Å². The maximum Gasteiger partial charge on any atom is 0.257 e. The van der Waals surface area contributed by atoms with Crippen molar-refractivity contribution in [1.82, 2.24) is 15.1 Å². The molecule has 0 fully saturated rings. The number of carbonyl (C=O) groups excluding carboxylic acids is 1. The molecule has 0 bridgehead atoms. The van der Waals surface area contributed by atoms with Crippen LogP contribution in [0.1, 0.15) is 27.2 Å². The zero-order chi connectivity index (χ0) is 15.2. The summed E-state index contributed by atoms with van der Waals surface area (Å²) in [5.74, 6) is 5.81. The fraction of sp³-hybridized carbons (Fsp3) is 0.250. The monoisotopic (exact) mass is 282 g/mol. The molecule has 0 radical (unpaired) electrons. The van der Waals surface area contributed by atoms with E-state index in [4.69, 9.17) is 5.73 Å². The number of aromatic nitrogens is 2. The third-order valence-electron chi connectivity index (χ3n) is 3.16. The third-order valence-corrected chi connectivity index (χ3v) is 3.16. The number of aryl methyl sites for hydroxylation is 1. The molecular weight excluding hydrogens is 264 g/mol. The van der Waals surface area contributed by atoms with E-state index in [0.717, 1.165) is 16.8 Å². The highest BCUT2D eigenvalue weighted by Gasteiger charge is 2.16. The molecule has 0 saturated carbocycles. The van der Waals surface area contributed by atoms with Gasteiger partial charge in [0.15, 0.2) is 0 Å². The van der Waals surface area contributed by atoms with Gasteiger partial charge < -0.3 is 10.6 Å². The van der Waals surface area contributed by atoms with Gasteiger partial charge in [0.05, 0.1) is 18.3 Å². The zero-order valence-electron chi connectivity index (χ0n) is 12.2. The molecule has 5 nitrogen and oxygen atoms in total. The molecule has 5 heteroatoms. The average molecular weight is 282 g/mol. The van der Waals surface area contributed by atoms with E-state index in [0.29, 0.717) is 18.7 Å². The number of nitrogens with one attached hydrogen (secondary N) is 1. The van der Waals surface area contributed by atoms with Crippen molar-refractivity contribution in [3.8, 4) is 11.8 Å². The number of nitrogens with two attached hydrogens (primary N) is 1. The minimum absolute atomic E-state index is 0.0668. The molecule has 1 aromatic carbocycles. The van der Waals surface area contributed by atoms with Crippen molar-refractivity contribution in [2.24, 2.45) is 5.73 Å². The Hall–Kier alpha value is -2.58. The van der Waals surface area contributed by atoms with E-state index in [1.165, 1.54) is 0 Å². The lowest BCUT2D eigenvalue weighted by Crippen LogP contribution is -2.26. The summed E-state index contributed by atoms with van der Waals surface area (Å²) in [4.78, 5) is 14.0. The fourth-order valence-electron chi connectivity index (χ4n) is 2.03. The first-order chi connectivity index (χ1) is 10.1. The maximum absolute atomic E-state index is 12.4. The Morgan fingerprint density at radius 3 is 2.86 bits per heavy atom. The van der Waals surface area contributed by atoms with Crippen LogP contribution in [0.15, 0.2) is 30.5 Å². The molecular formula is C16H18N4O. The number of amides is 1. The number of aromatic amines is 1. The lowest BCUT2D eigenvalue weighted by atomic mass is 10.1. The highest BCUT2D eigenvalue weighted by molar-refractivity contribution is 5.94. The van der Waals surface area contributed by atoms with Gasteiger partial charge in [-0.15, -0.1) is 0 Å². The summed E-state index contributed by atoms with van der Waals surface area (Å²) >= 11 is 0. The van der Waals surface area contributed by atoms with Gasteiger partial charge in [-0.1, -0.05) is 30.0 Å². The zero-order valence-corrected chi connectivity index (χ0v) is 12.2. The third kappa shape index (κ3) is 3.50. The molecule has 0 saturated heterocycles. The number of rotatable bonds is 3. The normalized spacial score (nSPS) is 9.86. The Bertz CT molecular complexity index is 694. The van der Waals surface area contributed by atoms with Crippen molar-refractivity contribution < 1.29 is 4.79 Å². The number of benzene rings is 1. The summed E-state index contributed by atoms with van der Waals surface area (Å²) < 4.78 is 0. The van der Waals surface area contributed by atoms with Crippen LogP contribution >= 0.6 is 0 Å². The lowest BCUT2D eigenvalue weighted by molar-refractivity contribution is 0.0784. The van der Waals surface area contributed by atoms with Gasteiger partial charge in [0, 0.05) is 24.8 Å². The molecule has 2 aromatic rings. The molecule has 1 aromatic heterocycles. The predicted octanol–water partition coefficient (Wildman–Crippen LogP) is 1.30. The molecule has 0 aliphatic carbocycles. The minimum atomic E-state index is -0.0668. The highest BCUT2D eigenvalue weighted by atomic mass is 16.2. The van der Waals surface area contributed by atoms with Gasteiger partial charge in [0.25, 0.3) is 5.91 Å². The Balaban J connectivity index is 2.18. The summed E-state index contributed by atoms with van der Waals surface area (Å²) in [6.45, 7) is 2.63. The molecule has 3 N–H and O–H groups in total. The van der Waals surface area contributed by atoms with Crippen LogP contribution < -0.4 is 5.73 Å². The van der Waals surface area contributed by atoms with Crippen LogP contribution in [0, 0.1) is 18.8 Å². The first-order valence-corrected chi connectivity index (χ1v) is 6.65. The van der Waals surface area contributed by atoms with Gasteiger partial charge in [0.2, 0.25) is 0 Å². The van der Waals surface area contributed by atoms with Crippen molar-refractivity contribution in [2.45, 2.75) is 13.5 Å². The molecule has 1 heterocycles. The second-order valence-electron chi connectivity index (χ2n) is 4.73. The molecule has 2 rings (SSSR count). The van der Waals surface area contributed by atoms with Crippen LogP contribution in [0.3, 0.4) is 0 Å². The first kappa shape index (κ1) is 14.8. The van der Waals surface area contributed by atoms with Gasteiger partial charge in [0.1, 0.15) is 0 Å². The molecule has 0 aliphatic rings. The van der Waals surface area contributed by atoms with E-state index >= 15 is 0 Å². The number of hydrogen-bond acceptors (Lipinski definition) is 3. The van der Waals surface area contributed by atoms with Crippen LogP contribution in [0.2, 0.25) is 0 Å². The van der Waals surface area contributed by atoms with Gasteiger partial charge in [-0.25, -0.2) is 0 Å². The van der Waals surface area contributed by atoms with Crippen LogP contribution in [0.25, 0.3) is 0 Å². The van der Waals surface area contributed by atoms with Crippen molar-refractivity contribution in [2.75, 3.05) is 13.6 Å². The molecule has 0 spiro atoms. The Morgan fingerprint density at radius 1 is 1.43 bits per heavy atom. The molecule has 0 atom stereocenters. The standard InChI is InChI=1S/C16H18N4O/c1-12-15(10-18-19-12)16(21)20(2)11-14-7-4-3-6-13(14)8-5-9-17/h3-4,6-7,10H,9,11,17H2,1-2H3,(H,18,19). The minimum Gasteiger partial charge on any atom is -0.337 e. The van der Waals surface area contributed by atoms with Gasteiger partial charge in [-0.05, 0) is 18.6 Å². The number of H-pyrrole nitrogens is 1. The lowest BCUT2D eigenvalue weighted by Gasteiger charge is -2.17. The van der Waals surface area contributed by atoms with E-state index in [1.54, 1.807) is 18.1 Å². The number of carbonyl (C=O) groups is 1. The fourth-order valence-corrected chi connectivity index (χ4v) is 2.03. The van der Waals surface area contributed by atoms with E-state index < -0.39 is 0 Å². The molecule has 1 amide bonds. The Labute approximate surface area is 124 Å². The highest BCUT2D eigenvalue weighted by Crippen LogP contribution is 2.13. The van der Waals surface area contributed by atoms with Crippen molar-refractivity contribution in [1.29, 1.82) is 0 Å². The first-order valence-electron chi connectivity index (χ1n) is 6.65. The van der Waals surface area contributed by atoms with Crippen LogP contribution in [0.5, 0.6) is 0 Å². The molecule has 21 heavy (non-hydrogen) atoms. The van der Waals surface area contributed by atoms with E-state index in [2.05, 4.69) is 22.0 Å². The second-order valence-corrected chi connectivity index (χ2v) is 4.73. The Morgan fingerprint density at radius 2 is 2.19 bits per heavy atom. The smallest absolute Gasteiger partial charge is 0.257 e. The maximum atomic E-state index is 12.4. The summed E-state index contributed by atoms with van der Waals surface area (Å²) in [5.41, 5.74) is 8.65. The van der Waals surface area contributed by atoms with Gasteiger partial charge in [-0.3, -0.25) is 9.89 Å². The molecule has 108 valence electrons. The summed E-state index contributed by atoms with van der Waals surface area (Å²) in [6.07, 6.45) is 1.55. The summed E-state index contributed by atoms with van der Waals surface area (Å²) in [5, 5.41) is 6.66. The van der Waals surface area contributed by atoms with Crippen molar-refractivity contribution in [3.63, 3.8) is 0 Å². The quantitative estimate of drug-likeness (QED) is 0.833. The van der Waals surface area contributed by atoms with Gasteiger partial charge in [-0.2, -0.15) is 5.10 Å². The van der Waals surface area contributed by atoms with Crippen molar-refractivity contribution >= 4 is 5.91 Å². The second kappa shape index (κ2) is 6.73. The molecule has 0 aliphatic heterocycles. The van der Waals surface area contributed by atoms with Crippen LogP contribution in [-0.4, -0.2) is 34.6 Å². The largest absolute Gasteiger partial charge is 0.337 e. The Kier molecular flexibility index (Phi) is 4.75. The van der Waals surface area contributed by atoms with E-state index in [9.17, 15) is 4.79 Å². The average Bonchev–Trinajstić information content (AvgIpc) is 2.91. The topological polar surface area (TPSA) is 75.0 Å². The van der Waals surface area contributed by atoms with Crippen LogP contribution in [0.4, 0.5) is 0 Å².